The van der Waals surface area contributed by atoms with E-state index in [0.29, 0.717) is 30.8 Å². The van der Waals surface area contributed by atoms with Gasteiger partial charge in [0.2, 0.25) is 0 Å². The van der Waals surface area contributed by atoms with Gasteiger partial charge in [0.05, 0.1) is 18.8 Å². The maximum atomic E-state index is 13.3. The summed E-state index contributed by atoms with van der Waals surface area (Å²) in [5.74, 6) is 0.118. The lowest BCUT2D eigenvalue weighted by molar-refractivity contribution is -0.139. The number of nitrogens with one attached hydrogen (secondary N) is 1. The number of dihydropyridines is 1. The van der Waals surface area contributed by atoms with Crippen LogP contribution in [0.1, 0.15) is 78.2 Å². The summed E-state index contributed by atoms with van der Waals surface area (Å²) >= 11 is 0. The van der Waals surface area contributed by atoms with Crippen molar-refractivity contribution in [3.05, 3.63) is 52.4 Å². The smallest absolute Gasteiger partial charge is 0.336 e. The Labute approximate surface area is 185 Å². The fourth-order valence-corrected chi connectivity index (χ4v) is 4.40. The van der Waals surface area contributed by atoms with E-state index in [1.807, 2.05) is 31.2 Å². The molecule has 0 fully saturated rings. The Morgan fingerprint density at radius 2 is 1.81 bits per heavy atom. The number of unbranched alkanes of at least 4 members (excludes halogenated alkanes) is 1. The third-order valence-electron chi connectivity index (χ3n) is 5.88. The summed E-state index contributed by atoms with van der Waals surface area (Å²) < 4.78 is 11.3. The van der Waals surface area contributed by atoms with Crippen LogP contribution >= 0.6 is 0 Å². The highest BCUT2D eigenvalue weighted by Crippen LogP contribution is 2.46. The van der Waals surface area contributed by atoms with Gasteiger partial charge in [-0.3, -0.25) is 4.79 Å². The quantitative estimate of drug-likeness (QED) is 0.445. The van der Waals surface area contributed by atoms with Gasteiger partial charge in [0.15, 0.2) is 5.78 Å². The summed E-state index contributed by atoms with van der Waals surface area (Å²) in [7, 11) is 0. The molecule has 5 nitrogen and oxygen atoms in total. The second-order valence-electron chi connectivity index (χ2n) is 9.34. The average molecular weight is 426 g/mol. The van der Waals surface area contributed by atoms with Crippen LogP contribution in [0.2, 0.25) is 0 Å². The number of hydrogen-bond donors (Lipinski definition) is 1. The molecule has 1 heterocycles. The molecule has 5 heteroatoms. The monoisotopic (exact) mass is 425 g/mol. The van der Waals surface area contributed by atoms with Gasteiger partial charge in [0, 0.05) is 29.3 Å². The lowest BCUT2D eigenvalue weighted by atomic mass is 9.68. The summed E-state index contributed by atoms with van der Waals surface area (Å²) in [6.07, 6.45) is 3.96. The highest BCUT2D eigenvalue weighted by atomic mass is 16.5. The van der Waals surface area contributed by atoms with E-state index in [0.717, 1.165) is 48.4 Å². The van der Waals surface area contributed by atoms with Crippen molar-refractivity contribution < 1.29 is 19.1 Å². The van der Waals surface area contributed by atoms with E-state index in [2.05, 4.69) is 33.0 Å². The van der Waals surface area contributed by atoms with Crippen molar-refractivity contribution in [3.8, 4) is 5.75 Å². The Hall–Kier alpha value is -2.56. The lowest BCUT2D eigenvalue weighted by Crippen LogP contribution is -2.38. The van der Waals surface area contributed by atoms with Crippen LogP contribution in [0, 0.1) is 5.41 Å². The standard InChI is InChI=1S/C26H35NO4/c1-6-8-14-31-25(29)22-17(3)27-20-15-26(4,5)16-21(28)24(20)23(22)18-9-11-19(12-10-18)30-13-7-2/h9-12,23,27H,6-8,13-16H2,1-5H3/t23-/m1/s1. The van der Waals surface area contributed by atoms with Crippen LogP contribution in [0.3, 0.4) is 0 Å². The number of allylic oxidation sites excluding steroid dienone is 3. The first kappa shape index (κ1) is 23.1. The molecule has 1 aliphatic heterocycles. The van der Waals surface area contributed by atoms with Gasteiger partial charge in [-0.15, -0.1) is 0 Å². The van der Waals surface area contributed by atoms with Crippen LogP contribution in [0.25, 0.3) is 0 Å². The van der Waals surface area contributed by atoms with Crippen molar-refractivity contribution in [2.75, 3.05) is 13.2 Å². The fraction of sp³-hybridized carbons (Fsp3) is 0.538. The molecule has 0 bridgehead atoms. The minimum Gasteiger partial charge on any atom is -0.494 e. The molecule has 1 aliphatic carbocycles. The van der Waals surface area contributed by atoms with Gasteiger partial charge in [-0.05, 0) is 49.3 Å². The third kappa shape index (κ3) is 5.20. The minimum atomic E-state index is -0.422. The molecule has 1 N–H and O–H groups in total. The second-order valence-corrected chi connectivity index (χ2v) is 9.34. The SMILES string of the molecule is CCCCOC(=O)C1=C(C)NC2=C(C(=O)CC(C)(C)C2)[C@@H]1c1ccc(OCCC)cc1. The molecule has 0 amide bonds. The average Bonchev–Trinajstić information content (AvgIpc) is 2.70. The molecule has 168 valence electrons. The zero-order chi connectivity index (χ0) is 22.6. The minimum absolute atomic E-state index is 0.0985. The largest absolute Gasteiger partial charge is 0.494 e. The zero-order valence-electron chi connectivity index (χ0n) is 19.5. The first-order valence-electron chi connectivity index (χ1n) is 11.4. The van der Waals surface area contributed by atoms with Crippen LogP contribution in [0.4, 0.5) is 0 Å². The Balaban J connectivity index is 2.02. The van der Waals surface area contributed by atoms with Crippen molar-refractivity contribution in [2.24, 2.45) is 5.41 Å². The van der Waals surface area contributed by atoms with Gasteiger partial charge in [0.25, 0.3) is 0 Å². The lowest BCUT2D eigenvalue weighted by Gasteiger charge is -2.39. The fourth-order valence-electron chi connectivity index (χ4n) is 4.40. The number of ether oxygens (including phenoxy) is 2. The van der Waals surface area contributed by atoms with Crippen molar-refractivity contribution >= 4 is 11.8 Å². The number of benzene rings is 1. The van der Waals surface area contributed by atoms with Crippen molar-refractivity contribution in [2.45, 2.75) is 72.6 Å². The number of esters is 1. The molecule has 0 aromatic heterocycles. The van der Waals surface area contributed by atoms with E-state index in [9.17, 15) is 9.59 Å². The number of Topliss-reactive ketones (excluding diaryl/α,β-unsaturated/α-hetero) is 1. The number of rotatable bonds is 8. The molecular formula is C26H35NO4. The van der Waals surface area contributed by atoms with Gasteiger partial charge < -0.3 is 14.8 Å². The molecule has 1 aromatic rings. The molecule has 31 heavy (non-hydrogen) atoms. The van der Waals surface area contributed by atoms with Crippen LogP contribution in [0.15, 0.2) is 46.8 Å². The van der Waals surface area contributed by atoms with Crippen molar-refractivity contribution in [1.82, 2.24) is 5.32 Å². The van der Waals surface area contributed by atoms with Crippen LogP contribution in [0.5, 0.6) is 5.75 Å². The zero-order valence-corrected chi connectivity index (χ0v) is 19.5. The van der Waals surface area contributed by atoms with Crippen LogP contribution in [-0.4, -0.2) is 25.0 Å². The molecule has 0 spiro atoms. The van der Waals surface area contributed by atoms with Crippen molar-refractivity contribution in [1.29, 1.82) is 0 Å². The Bertz CT molecular complexity index is 892. The third-order valence-corrected chi connectivity index (χ3v) is 5.88. The molecule has 0 saturated carbocycles. The van der Waals surface area contributed by atoms with E-state index in [1.165, 1.54) is 0 Å². The molecule has 1 aromatic carbocycles. The van der Waals surface area contributed by atoms with Crippen molar-refractivity contribution in [3.63, 3.8) is 0 Å². The molecular weight excluding hydrogens is 390 g/mol. The molecule has 2 aliphatic rings. The van der Waals surface area contributed by atoms with Gasteiger partial charge in [0.1, 0.15) is 5.75 Å². The highest BCUT2D eigenvalue weighted by molar-refractivity contribution is 6.04. The maximum Gasteiger partial charge on any atom is 0.336 e. The van der Waals surface area contributed by atoms with Gasteiger partial charge in [-0.2, -0.15) is 0 Å². The predicted molar refractivity (Wildman–Crippen MR) is 122 cm³/mol. The summed E-state index contributed by atoms with van der Waals surface area (Å²) in [5.41, 5.74) is 3.74. The highest BCUT2D eigenvalue weighted by Gasteiger charge is 2.43. The number of ketones is 1. The second kappa shape index (κ2) is 9.71. The van der Waals surface area contributed by atoms with E-state index in [1.54, 1.807) is 0 Å². The number of carbonyl (C=O) groups excluding carboxylic acids is 2. The maximum absolute atomic E-state index is 13.3. The predicted octanol–water partition coefficient (Wildman–Crippen LogP) is 5.42. The summed E-state index contributed by atoms with van der Waals surface area (Å²) in [6.45, 7) is 11.3. The first-order chi connectivity index (χ1) is 14.8. The van der Waals surface area contributed by atoms with Crippen LogP contribution < -0.4 is 10.1 Å². The summed E-state index contributed by atoms with van der Waals surface area (Å²) in [6, 6.07) is 7.76. The van der Waals surface area contributed by atoms with Gasteiger partial charge in [-0.1, -0.05) is 46.2 Å². The summed E-state index contributed by atoms with van der Waals surface area (Å²) in [5, 5.41) is 3.38. The molecule has 1 atom stereocenters. The molecule has 3 rings (SSSR count). The van der Waals surface area contributed by atoms with E-state index in [-0.39, 0.29) is 17.2 Å². The normalized spacial score (nSPS) is 20.3. The number of hydrogen-bond acceptors (Lipinski definition) is 5. The molecule has 0 saturated heterocycles. The van der Waals surface area contributed by atoms with E-state index in [4.69, 9.17) is 9.47 Å². The van der Waals surface area contributed by atoms with E-state index < -0.39 is 5.92 Å². The van der Waals surface area contributed by atoms with E-state index >= 15 is 0 Å². The summed E-state index contributed by atoms with van der Waals surface area (Å²) in [4.78, 5) is 26.4. The van der Waals surface area contributed by atoms with Gasteiger partial charge in [-0.25, -0.2) is 4.79 Å². The Morgan fingerprint density at radius 3 is 2.45 bits per heavy atom. The molecule has 0 unspecified atom stereocenters. The molecule has 0 radical (unpaired) electrons. The Kier molecular flexibility index (Phi) is 7.24. The van der Waals surface area contributed by atoms with Crippen LogP contribution in [-0.2, 0) is 14.3 Å². The Morgan fingerprint density at radius 1 is 1.10 bits per heavy atom. The first-order valence-corrected chi connectivity index (χ1v) is 11.4. The van der Waals surface area contributed by atoms with Gasteiger partial charge >= 0.3 is 5.97 Å². The topological polar surface area (TPSA) is 64.6 Å². The number of carbonyl (C=O) groups is 2.